The molecule has 0 atom stereocenters. The average Bonchev–Trinajstić information content (AvgIpc) is 2.94. The maximum absolute atomic E-state index is 12.6. The molecule has 26 heavy (non-hydrogen) atoms. The molecule has 0 unspecified atom stereocenters. The van der Waals surface area contributed by atoms with Crippen LogP contribution in [0.25, 0.3) is 0 Å². The van der Waals surface area contributed by atoms with E-state index in [0.717, 1.165) is 36.9 Å². The third-order valence-corrected chi connectivity index (χ3v) is 5.54. The van der Waals surface area contributed by atoms with Crippen LogP contribution in [0.15, 0.2) is 42.5 Å². The van der Waals surface area contributed by atoms with E-state index in [9.17, 15) is 9.59 Å². The van der Waals surface area contributed by atoms with Gasteiger partial charge in [0.15, 0.2) is 0 Å². The minimum atomic E-state index is -0.422. The Labute approximate surface area is 152 Å². The third kappa shape index (κ3) is 2.73. The summed E-state index contributed by atoms with van der Waals surface area (Å²) in [7, 11) is 1.59. The van der Waals surface area contributed by atoms with Gasteiger partial charge in [-0.25, -0.2) is 0 Å². The molecule has 1 saturated carbocycles. The topological polar surface area (TPSA) is 67.4 Å². The first-order valence-corrected chi connectivity index (χ1v) is 9.04. The van der Waals surface area contributed by atoms with E-state index in [0.29, 0.717) is 17.0 Å². The Kier molecular flexibility index (Phi) is 4.15. The van der Waals surface area contributed by atoms with E-state index < -0.39 is 5.41 Å². The van der Waals surface area contributed by atoms with Crippen LogP contribution in [0.5, 0.6) is 5.75 Å². The van der Waals surface area contributed by atoms with Crippen molar-refractivity contribution in [3.63, 3.8) is 0 Å². The Morgan fingerprint density at radius 1 is 1.08 bits per heavy atom. The normalized spacial score (nSPS) is 17.5. The maximum Gasteiger partial charge on any atom is 0.255 e. The zero-order valence-corrected chi connectivity index (χ0v) is 14.8. The number of amides is 2. The number of hydrogen-bond donors (Lipinski definition) is 2. The van der Waals surface area contributed by atoms with E-state index in [1.807, 2.05) is 18.2 Å². The average molecular weight is 350 g/mol. The molecular weight excluding hydrogens is 328 g/mol. The van der Waals surface area contributed by atoms with E-state index in [4.69, 9.17) is 4.74 Å². The second-order valence-electron chi connectivity index (χ2n) is 7.04. The summed E-state index contributed by atoms with van der Waals surface area (Å²) < 4.78 is 5.12. The molecule has 1 fully saturated rings. The first-order chi connectivity index (χ1) is 12.6. The van der Waals surface area contributed by atoms with Gasteiger partial charge in [0.1, 0.15) is 5.75 Å². The molecule has 2 N–H and O–H groups in total. The van der Waals surface area contributed by atoms with Gasteiger partial charge in [-0.3, -0.25) is 9.59 Å². The van der Waals surface area contributed by atoms with Crippen LogP contribution < -0.4 is 15.4 Å². The summed E-state index contributed by atoms with van der Waals surface area (Å²) in [6.07, 6.45) is 5.06. The fraction of sp³-hybridized carbons (Fsp3) is 0.333. The number of nitrogens with one attached hydrogen (secondary N) is 2. The summed E-state index contributed by atoms with van der Waals surface area (Å²) >= 11 is 0. The van der Waals surface area contributed by atoms with Crippen molar-refractivity contribution in [3.05, 3.63) is 53.6 Å². The number of methoxy groups -OCH3 is 1. The fourth-order valence-corrected chi connectivity index (χ4v) is 4.09. The van der Waals surface area contributed by atoms with Crippen molar-refractivity contribution in [3.8, 4) is 5.75 Å². The molecule has 0 saturated heterocycles. The van der Waals surface area contributed by atoms with E-state index in [2.05, 4.69) is 10.6 Å². The number of benzene rings is 2. The molecule has 1 aliphatic heterocycles. The van der Waals surface area contributed by atoms with Crippen LogP contribution in [0, 0.1) is 0 Å². The van der Waals surface area contributed by atoms with Gasteiger partial charge in [0.2, 0.25) is 5.91 Å². The molecule has 5 heteroatoms. The van der Waals surface area contributed by atoms with Crippen LogP contribution >= 0.6 is 0 Å². The van der Waals surface area contributed by atoms with Gasteiger partial charge >= 0.3 is 0 Å². The van der Waals surface area contributed by atoms with Gasteiger partial charge in [-0.15, -0.1) is 0 Å². The summed E-state index contributed by atoms with van der Waals surface area (Å²) in [4.78, 5) is 25.1. The Balaban J connectivity index is 1.59. The molecule has 2 aromatic rings. The molecule has 2 amide bonds. The summed E-state index contributed by atoms with van der Waals surface area (Å²) in [6.45, 7) is 0. The van der Waals surface area contributed by atoms with Crippen LogP contribution in [0.3, 0.4) is 0 Å². The standard InChI is InChI=1S/C21H22N2O3/c1-26-16-8-5-14(6-9-16)19(24)22-15-7-10-18-17(13-15)21(20(25)23-18)11-3-2-4-12-21/h5-10,13H,2-4,11-12H2,1H3,(H,22,24)(H,23,25). The van der Waals surface area contributed by atoms with Crippen LogP contribution in [0.1, 0.15) is 48.0 Å². The highest BCUT2D eigenvalue weighted by atomic mass is 16.5. The van der Waals surface area contributed by atoms with Crippen molar-refractivity contribution < 1.29 is 14.3 Å². The van der Waals surface area contributed by atoms with Crippen LogP contribution in [-0.2, 0) is 10.2 Å². The fourth-order valence-electron chi connectivity index (χ4n) is 4.09. The Morgan fingerprint density at radius 3 is 2.50 bits per heavy atom. The first-order valence-electron chi connectivity index (χ1n) is 9.04. The lowest BCUT2D eigenvalue weighted by atomic mass is 9.70. The predicted molar refractivity (Wildman–Crippen MR) is 101 cm³/mol. The molecule has 2 aliphatic rings. The number of carbonyl (C=O) groups is 2. The molecule has 134 valence electrons. The minimum Gasteiger partial charge on any atom is -0.497 e. The number of carbonyl (C=O) groups excluding carboxylic acids is 2. The molecule has 0 aromatic heterocycles. The second-order valence-corrected chi connectivity index (χ2v) is 7.04. The van der Waals surface area contributed by atoms with Crippen LogP contribution in [0.2, 0.25) is 0 Å². The first kappa shape index (κ1) is 16.6. The lowest BCUT2D eigenvalue weighted by Gasteiger charge is -2.31. The zero-order valence-electron chi connectivity index (χ0n) is 14.8. The smallest absolute Gasteiger partial charge is 0.255 e. The van der Waals surface area contributed by atoms with Crippen molar-refractivity contribution in [2.24, 2.45) is 0 Å². The number of rotatable bonds is 3. The van der Waals surface area contributed by atoms with E-state index in [1.54, 1.807) is 31.4 Å². The number of hydrogen-bond acceptors (Lipinski definition) is 3. The molecule has 0 radical (unpaired) electrons. The number of fused-ring (bicyclic) bond motifs is 2. The van der Waals surface area contributed by atoms with E-state index >= 15 is 0 Å². The third-order valence-electron chi connectivity index (χ3n) is 5.54. The molecular formula is C21H22N2O3. The SMILES string of the molecule is COc1ccc(C(=O)Nc2ccc3c(c2)C2(CCCCC2)C(=O)N3)cc1. The minimum absolute atomic E-state index is 0.103. The Morgan fingerprint density at radius 2 is 1.81 bits per heavy atom. The van der Waals surface area contributed by atoms with E-state index in [1.165, 1.54) is 6.42 Å². The molecule has 5 nitrogen and oxygen atoms in total. The highest BCUT2D eigenvalue weighted by Gasteiger charge is 2.47. The summed E-state index contributed by atoms with van der Waals surface area (Å²) in [6, 6.07) is 12.7. The summed E-state index contributed by atoms with van der Waals surface area (Å²) in [5, 5.41) is 5.96. The van der Waals surface area contributed by atoms with E-state index in [-0.39, 0.29) is 11.8 Å². The lowest BCUT2D eigenvalue weighted by Crippen LogP contribution is -2.36. The van der Waals surface area contributed by atoms with Gasteiger partial charge in [0, 0.05) is 16.9 Å². The highest BCUT2D eigenvalue weighted by molar-refractivity contribution is 6.08. The van der Waals surface area contributed by atoms with Crippen LogP contribution in [-0.4, -0.2) is 18.9 Å². The van der Waals surface area contributed by atoms with Gasteiger partial charge < -0.3 is 15.4 Å². The Hall–Kier alpha value is -2.82. The monoisotopic (exact) mass is 350 g/mol. The van der Waals surface area contributed by atoms with Crippen molar-refractivity contribution >= 4 is 23.2 Å². The molecule has 1 spiro atoms. The van der Waals surface area contributed by atoms with Crippen LogP contribution in [0.4, 0.5) is 11.4 Å². The number of ether oxygens (including phenoxy) is 1. The van der Waals surface area contributed by atoms with Gasteiger partial charge in [-0.05, 0) is 60.9 Å². The van der Waals surface area contributed by atoms with Crippen molar-refractivity contribution in [1.82, 2.24) is 0 Å². The number of anilines is 2. The largest absolute Gasteiger partial charge is 0.497 e. The maximum atomic E-state index is 12.6. The van der Waals surface area contributed by atoms with Crippen molar-refractivity contribution in [1.29, 1.82) is 0 Å². The molecule has 2 aromatic carbocycles. The van der Waals surface area contributed by atoms with Crippen molar-refractivity contribution in [2.45, 2.75) is 37.5 Å². The Bertz CT molecular complexity index is 852. The van der Waals surface area contributed by atoms with Gasteiger partial charge in [0.05, 0.1) is 12.5 Å². The second kappa shape index (κ2) is 6.48. The highest BCUT2D eigenvalue weighted by Crippen LogP contribution is 2.48. The quantitative estimate of drug-likeness (QED) is 0.876. The zero-order chi connectivity index (χ0) is 18.1. The predicted octanol–water partition coefficient (Wildman–Crippen LogP) is 4.10. The summed E-state index contributed by atoms with van der Waals surface area (Å²) in [5.74, 6) is 0.635. The van der Waals surface area contributed by atoms with Crippen molar-refractivity contribution in [2.75, 3.05) is 17.7 Å². The lowest BCUT2D eigenvalue weighted by molar-refractivity contribution is -0.121. The van der Waals surface area contributed by atoms with Gasteiger partial charge in [-0.2, -0.15) is 0 Å². The summed E-state index contributed by atoms with van der Waals surface area (Å²) in [5.41, 5.74) is 2.75. The molecule has 4 rings (SSSR count). The molecule has 1 aliphatic carbocycles. The van der Waals surface area contributed by atoms with Gasteiger partial charge in [-0.1, -0.05) is 19.3 Å². The molecule has 1 heterocycles. The molecule has 0 bridgehead atoms. The van der Waals surface area contributed by atoms with Gasteiger partial charge in [0.25, 0.3) is 5.91 Å².